The predicted molar refractivity (Wildman–Crippen MR) is 82.8 cm³/mol. The maximum atomic E-state index is 12.1. The fraction of sp³-hybridized carbons (Fsp3) is 0.125. The molecule has 1 amide bonds. The molecule has 3 N–H and O–H groups in total. The van der Waals surface area contributed by atoms with Crippen LogP contribution < -0.4 is 11.1 Å². The van der Waals surface area contributed by atoms with Gasteiger partial charge in [0, 0.05) is 11.6 Å². The van der Waals surface area contributed by atoms with Crippen LogP contribution in [0, 0.1) is 11.3 Å². The van der Waals surface area contributed by atoms with Crippen LogP contribution in [0.2, 0.25) is 5.02 Å². The zero-order valence-electron chi connectivity index (χ0n) is 11.3. The molecule has 0 aromatic heterocycles. The van der Waals surface area contributed by atoms with Crippen LogP contribution in [-0.4, -0.2) is 5.91 Å². The van der Waals surface area contributed by atoms with Gasteiger partial charge in [-0.05, 0) is 29.3 Å². The van der Waals surface area contributed by atoms with Crippen molar-refractivity contribution in [1.82, 2.24) is 0 Å². The molecule has 0 radical (unpaired) electrons. The number of amides is 1. The molecule has 2 aromatic carbocycles. The highest BCUT2D eigenvalue weighted by Gasteiger charge is 2.10. The number of carbonyl (C=O) groups excluding carboxylic acids is 1. The van der Waals surface area contributed by atoms with E-state index in [1.807, 2.05) is 30.3 Å². The number of nitrogens with one attached hydrogen (secondary N) is 1. The first-order valence-electron chi connectivity index (χ1n) is 6.40. The minimum absolute atomic E-state index is 0.199. The summed E-state index contributed by atoms with van der Waals surface area (Å²) in [6.07, 6.45) is 0.199. The third-order valence-electron chi connectivity index (χ3n) is 3.07. The summed E-state index contributed by atoms with van der Waals surface area (Å²) in [4.78, 5) is 12.1. The summed E-state index contributed by atoms with van der Waals surface area (Å²) in [6, 6.07) is 14.3. The molecule has 21 heavy (non-hydrogen) atoms. The molecular weight excluding hydrogens is 286 g/mol. The molecule has 2 rings (SSSR count). The Labute approximate surface area is 128 Å². The molecule has 0 bridgehead atoms. The monoisotopic (exact) mass is 299 g/mol. The van der Waals surface area contributed by atoms with E-state index in [9.17, 15) is 4.79 Å². The molecule has 0 saturated heterocycles. The van der Waals surface area contributed by atoms with Crippen LogP contribution in [0.4, 0.5) is 5.69 Å². The fourth-order valence-corrected chi connectivity index (χ4v) is 2.19. The van der Waals surface area contributed by atoms with Crippen molar-refractivity contribution in [3.8, 4) is 6.07 Å². The van der Waals surface area contributed by atoms with E-state index in [1.165, 1.54) is 0 Å². The summed E-state index contributed by atoms with van der Waals surface area (Å²) in [5, 5.41) is 12.2. The van der Waals surface area contributed by atoms with E-state index in [-0.39, 0.29) is 12.3 Å². The van der Waals surface area contributed by atoms with Crippen molar-refractivity contribution in [2.45, 2.75) is 13.0 Å². The molecule has 2 aromatic rings. The SMILES string of the molecule is N#Cc1ccc(Cl)cc1NC(=O)Cc1ccccc1CN. The zero-order chi connectivity index (χ0) is 15.2. The maximum absolute atomic E-state index is 12.1. The van der Waals surface area contributed by atoms with Gasteiger partial charge in [-0.15, -0.1) is 0 Å². The highest BCUT2D eigenvalue weighted by atomic mass is 35.5. The standard InChI is InChI=1S/C16H14ClN3O/c17-14-6-5-13(10-19)15(8-14)20-16(21)7-11-3-1-2-4-12(11)9-18/h1-6,8H,7,9,18H2,(H,20,21). The quantitative estimate of drug-likeness (QED) is 0.911. The van der Waals surface area contributed by atoms with Gasteiger partial charge in [-0.1, -0.05) is 35.9 Å². The zero-order valence-corrected chi connectivity index (χ0v) is 12.0. The summed E-state index contributed by atoms with van der Waals surface area (Å²) >= 11 is 5.89. The van der Waals surface area contributed by atoms with Crippen molar-refractivity contribution in [3.63, 3.8) is 0 Å². The van der Waals surface area contributed by atoms with Crippen LogP contribution in [-0.2, 0) is 17.8 Å². The van der Waals surface area contributed by atoms with E-state index < -0.39 is 0 Å². The number of nitrogens with two attached hydrogens (primary N) is 1. The summed E-state index contributed by atoms with van der Waals surface area (Å²) in [7, 11) is 0. The number of anilines is 1. The van der Waals surface area contributed by atoms with E-state index in [0.29, 0.717) is 22.8 Å². The van der Waals surface area contributed by atoms with Gasteiger partial charge in [-0.25, -0.2) is 0 Å². The van der Waals surface area contributed by atoms with Crippen LogP contribution in [0.3, 0.4) is 0 Å². The minimum Gasteiger partial charge on any atom is -0.326 e. The van der Waals surface area contributed by atoms with Crippen LogP contribution in [0.25, 0.3) is 0 Å². The lowest BCUT2D eigenvalue weighted by atomic mass is 10.0. The Balaban J connectivity index is 2.16. The van der Waals surface area contributed by atoms with Crippen LogP contribution in [0.5, 0.6) is 0 Å². The van der Waals surface area contributed by atoms with Gasteiger partial charge >= 0.3 is 0 Å². The Kier molecular flexibility index (Phi) is 4.94. The first kappa shape index (κ1) is 15.0. The molecule has 0 atom stereocenters. The molecule has 106 valence electrons. The second-order valence-electron chi connectivity index (χ2n) is 4.50. The number of hydrogen-bond acceptors (Lipinski definition) is 3. The van der Waals surface area contributed by atoms with Crippen molar-refractivity contribution in [1.29, 1.82) is 5.26 Å². The van der Waals surface area contributed by atoms with Gasteiger partial charge in [0.05, 0.1) is 17.7 Å². The molecule has 4 nitrogen and oxygen atoms in total. The molecule has 0 unspecified atom stereocenters. The molecule has 0 aliphatic carbocycles. The second-order valence-corrected chi connectivity index (χ2v) is 4.94. The van der Waals surface area contributed by atoms with Gasteiger partial charge in [-0.3, -0.25) is 4.79 Å². The van der Waals surface area contributed by atoms with Crippen molar-refractivity contribution >= 4 is 23.2 Å². The van der Waals surface area contributed by atoms with Crippen LogP contribution >= 0.6 is 11.6 Å². The number of nitriles is 1. The lowest BCUT2D eigenvalue weighted by Crippen LogP contribution is -2.16. The third kappa shape index (κ3) is 3.82. The first-order chi connectivity index (χ1) is 10.1. The number of carbonyl (C=O) groups is 1. The van der Waals surface area contributed by atoms with Crippen LogP contribution in [0.15, 0.2) is 42.5 Å². The highest BCUT2D eigenvalue weighted by Crippen LogP contribution is 2.21. The van der Waals surface area contributed by atoms with E-state index in [1.54, 1.807) is 18.2 Å². The smallest absolute Gasteiger partial charge is 0.228 e. The molecule has 0 fully saturated rings. The molecule has 0 spiro atoms. The molecular formula is C16H14ClN3O. The van der Waals surface area contributed by atoms with E-state index in [2.05, 4.69) is 5.32 Å². The molecule has 0 heterocycles. The number of halogens is 1. The van der Waals surface area contributed by atoms with Gasteiger partial charge in [0.2, 0.25) is 5.91 Å². The maximum Gasteiger partial charge on any atom is 0.228 e. The summed E-state index contributed by atoms with van der Waals surface area (Å²) < 4.78 is 0. The Morgan fingerprint density at radius 3 is 2.62 bits per heavy atom. The molecule has 0 aliphatic heterocycles. The van der Waals surface area contributed by atoms with Crippen molar-refractivity contribution < 1.29 is 4.79 Å². The number of benzene rings is 2. The van der Waals surface area contributed by atoms with Gasteiger partial charge in [-0.2, -0.15) is 5.26 Å². The Morgan fingerprint density at radius 2 is 1.95 bits per heavy atom. The van der Waals surface area contributed by atoms with Crippen molar-refractivity contribution in [2.75, 3.05) is 5.32 Å². The lowest BCUT2D eigenvalue weighted by molar-refractivity contribution is -0.115. The number of rotatable bonds is 4. The summed E-state index contributed by atoms with van der Waals surface area (Å²) in [5.74, 6) is -0.213. The predicted octanol–water partition coefficient (Wildman–Crippen LogP) is 2.85. The molecule has 0 aliphatic rings. The first-order valence-corrected chi connectivity index (χ1v) is 6.78. The number of nitrogens with zero attached hydrogens (tertiary/aromatic N) is 1. The topological polar surface area (TPSA) is 78.9 Å². The normalized spacial score (nSPS) is 9.95. The van der Waals surface area contributed by atoms with Crippen molar-refractivity contribution in [2.24, 2.45) is 5.73 Å². The van der Waals surface area contributed by atoms with E-state index in [0.717, 1.165) is 11.1 Å². The number of hydrogen-bond donors (Lipinski definition) is 2. The van der Waals surface area contributed by atoms with Gasteiger partial charge in [0.1, 0.15) is 6.07 Å². The van der Waals surface area contributed by atoms with E-state index in [4.69, 9.17) is 22.6 Å². The fourth-order valence-electron chi connectivity index (χ4n) is 2.01. The largest absolute Gasteiger partial charge is 0.326 e. The van der Waals surface area contributed by atoms with Gasteiger partial charge in [0.15, 0.2) is 0 Å². The average molecular weight is 300 g/mol. The minimum atomic E-state index is -0.213. The Hall–Kier alpha value is -2.35. The van der Waals surface area contributed by atoms with Gasteiger partial charge in [0.25, 0.3) is 0 Å². The average Bonchev–Trinajstić information content (AvgIpc) is 2.48. The third-order valence-corrected chi connectivity index (χ3v) is 3.30. The Bertz CT molecular complexity index is 707. The lowest BCUT2D eigenvalue weighted by Gasteiger charge is -2.10. The molecule has 0 saturated carbocycles. The van der Waals surface area contributed by atoms with Gasteiger partial charge < -0.3 is 11.1 Å². The summed E-state index contributed by atoms with van der Waals surface area (Å²) in [6.45, 7) is 0.379. The van der Waals surface area contributed by atoms with Crippen molar-refractivity contribution in [3.05, 3.63) is 64.2 Å². The Morgan fingerprint density at radius 1 is 1.24 bits per heavy atom. The highest BCUT2D eigenvalue weighted by molar-refractivity contribution is 6.31. The van der Waals surface area contributed by atoms with Crippen LogP contribution in [0.1, 0.15) is 16.7 Å². The summed E-state index contributed by atoms with van der Waals surface area (Å²) in [5.41, 5.74) is 8.25. The van der Waals surface area contributed by atoms with E-state index >= 15 is 0 Å². The molecule has 5 heteroatoms. The second kappa shape index (κ2) is 6.89.